The van der Waals surface area contributed by atoms with Gasteiger partial charge < -0.3 is 20.5 Å². The zero-order chi connectivity index (χ0) is 24.0. The second kappa shape index (κ2) is 10.5. The Labute approximate surface area is 194 Å². The maximum atomic E-state index is 12.7. The van der Waals surface area contributed by atoms with Gasteiger partial charge >= 0.3 is 12.1 Å². The van der Waals surface area contributed by atoms with Gasteiger partial charge in [0, 0.05) is 31.3 Å². The van der Waals surface area contributed by atoms with Crippen LogP contribution in [0.1, 0.15) is 57.1 Å². The highest BCUT2D eigenvalue weighted by Crippen LogP contribution is 2.44. The Hall–Kier alpha value is -3.35. The maximum Gasteiger partial charge on any atom is 0.407 e. The van der Waals surface area contributed by atoms with Crippen molar-refractivity contribution in [3.8, 4) is 11.1 Å². The first-order valence-electron chi connectivity index (χ1n) is 11.3. The number of fused-ring (bicyclic) bond motifs is 3. The number of carbonyl (C=O) groups is 3. The van der Waals surface area contributed by atoms with Crippen molar-refractivity contribution in [2.24, 2.45) is 5.41 Å². The summed E-state index contributed by atoms with van der Waals surface area (Å²) in [5.41, 5.74) is 4.23. The molecule has 1 aliphatic rings. The number of aliphatic carboxylic acids is 1. The lowest BCUT2D eigenvalue weighted by molar-refractivity contribution is -0.137. The number of hydrogen-bond acceptors (Lipinski definition) is 4. The molecule has 2 aromatic carbocycles. The fraction of sp³-hybridized carbons (Fsp3) is 0.423. The summed E-state index contributed by atoms with van der Waals surface area (Å²) < 4.78 is 5.62. The first-order valence-corrected chi connectivity index (χ1v) is 11.3. The van der Waals surface area contributed by atoms with Crippen LogP contribution in [0.25, 0.3) is 11.1 Å². The van der Waals surface area contributed by atoms with Crippen LogP contribution < -0.4 is 10.6 Å². The maximum absolute atomic E-state index is 12.7. The van der Waals surface area contributed by atoms with Crippen LogP contribution in [0.3, 0.4) is 0 Å². The number of hydrogen-bond donors (Lipinski definition) is 3. The Morgan fingerprint density at radius 1 is 1.00 bits per heavy atom. The molecule has 0 spiro atoms. The van der Waals surface area contributed by atoms with Gasteiger partial charge in [-0.2, -0.15) is 0 Å². The topological polar surface area (TPSA) is 105 Å². The quantitative estimate of drug-likeness (QED) is 0.492. The molecule has 176 valence electrons. The molecule has 0 fully saturated rings. The Morgan fingerprint density at radius 3 is 2.12 bits per heavy atom. The van der Waals surface area contributed by atoms with Gasteiger partial charge in [0.1, 0.15) is 6.61 Å². The molecular weight excluding hydrogens is 420 g/mol. The SMILES string of the molecule is CC(C)(C)C(CC(=O)NCCCC(=O)O)NC(=O)OCC1c2ccccc2-c2ccccc21. The molecule has 0 saturated heterocycles. The van der Waals surface area contributed by atoms with Crippen LogP contribution >= 0.6 is 0 Å². The zero-order valence-electron chi connectivity index (χ0n) is 19.4. The molecule has 33 heavy (non-hydrogen) atoms. The number of benzene rings is 2. The van der Waals surface area contributed by atoms with Crippen LogP contribution in [-0.2, 0) is 14.3 Å². The number of alkyl carbamates (subject to hydrolysis) is 1. The lowest BCUT2D eigenvalue weighted by Crippen LogP contribution is -2.47. The van der Waals surface area contributed by atoms with Gasteiger partial charge in [-0.05, 0) is 34.1 Å². The van der Waals surface area contributed by atoms with Crippen molar-refractivity contribution in [2.45, 2.75) is 52.0 Å². The first-order chi connectivity index (χ1) is 15.7. The molecular formula is C26H32N2O5. The lowest BCUT2D eigenvalue weighted by atomic mass is 9.84. The highest BCUT2D eigenvalue weighted by Gasteiger charge is 2.31. The Balaban J connectivity index is 1.58. The van der Waals surface area contributed by atoms with Gasteiger partial charge in [0.2, 0.25) is 5.91 Å². The van der Waals surface area contributed by atoms with E-state index in [1.807, 2.05) is 45.0 Å². The number of amides is 2. The minimum Gasteiger partial charge on any atom is -0.481 e. The van der Waals surface area contributed by atoms with E-state index in [1.54, 1.807) is 0 Å². The van der Waals surface area contributed by atoms with E-state index in [0.717, 1.165) is 22.3 Å². The third-order valence-electron chi connectivity index (χ3n) is 5.96. The average Bonchev–Trinajstić information content (AvgIpc) is 3.08. The molecule has 0 aliphatic heterocycles. The van der Waals surface area contributed by atoms with E-state index in [9.17, 15) is 14.4 Å². The average molecular weight is 453 g/mol. The van der Waals surface area contributed by atoms with Gasteiger partial charge in [-0.3, -0.25) is 9.59 Å². The van der Waals surface area contributed by atoms with E-state index in [4.69, 9.17) is 9.84 Å². The molecule has 0 aromatic heterocycles. The van der Waals surface area contributed by atoms with Crippen LogP contribution in [0.5, 0.6) is 0 Å². The summed E-state index contributed by atoms with van der Waals surface area (Å²) in [5.74, 6) is -1.17. The van der Waals surface area contributed by atoms with Crippen molar-refractivity contribution in [3.05, 3.63) is 59.7 Å². The van der Waals surface area contributed by atoms with Crippen LogP contribution in [0, 0.1) is 5.41 Å². The monoisotopic (exact) mass is 452 g/mol. The molecule has 0 heterocycles. The van der Waals surface area contributed by atoms with Gasteiger partial charge in [0.25, 0.3) is 0 Å². The third-order valence-corrected chi connectivity index (χ3v) is 5.96. The van der Waals surface area contributed by atoms with Gasteiger partial charge in [-0.1, -0.05) is 69.3 Å². The third kappa shape index (κ3) is 6.34. The van der Waals surface area contributed by atoms with Gasteiger partial charge in [-0.25, -0.2) is 4.79 Å². The molecule has 3 rings (SSSR count). The van der Waals surface area contributed by atoms with Crippen LogP contribution in [0.2, 0.25) is 0 Å². The minimum atomic E-state index is -0.895. The minimum absolute atomic E-state index is 0.000971. The van der Waals surface area contributed by atoms with Crippen LogP contribution in [0.4, 0.5) is 4.79 Å². The molecule has 7 heteroatoms. The van der Waals surface area contributed by atoms with E-state index in [-0.39, 0.29) is 43.2 Å². The molecule has 1 unspecified atom stereocenters. The number of carboxylic acid groups (broad SMARTS) is 1. The van der Waals surface area contributed by atoms with Crippen LogP contribution in [-0.4, -0.2) is 42.3 Å². The number of carbonyl (C=O) groups excluding carboxylic acids is 2. The van der Waals surface area contributed by atoms with Gasteiger partial charge in [-0.15, -0.1) is 0 Å². The zero-order valence-corrected chi connectivity index (χ0v) is 19.4. The smallest absolute Gasteiger partial charge is 0.407 e. The summed E-state index contributed by atoms with van der Waals surface area (Å²) in [6.45, 7) is 6.32. The van der Waals surface area contributed by atoms with Gasteiger partial charge in [0.15, 0.2) is 0 Å². The summed E-state index contributed by atoms with van der Waals surface area (Å²) >= 11 is 0. The normalized spacial score (nSPS) is 13.5. The largest absolute Gasteiger partial charge is 0.481 e. The van der Waals surface area contributed by atoms with Crippen molar-refractivity contribution in [3.63, 3.8) is 0 Å². The Morgan fingerprint density at radius 2 is 1.58 bits per heavy atom. The van der Waals surface area contributed by atoms with Crippen molar-refractivity contribution in [1.82, 2.24) is 10.6 Å². The summed E-state index contributed by atoms with van der Waals surface area (Å²) in [6, 6.07) is 15.8. The summed E-state index contributed by atoms with van der Waals surface area (Å²) in [4.78, 5) is 35.6. The summed E-state index contributed by atoms with van der Waals surface area (Å²) in [6.07, 6.45) is -0.113. The van der Waals surface area contributed by atoms with Crippen molar-refractivity contribution in [2.75, 3.05) is 13.2 Å². The standard InChI is InChI=1S/C26H32N2O5/c1-26(2,3)22(15-23(29)27-14-8-13-24(30)31)28-25(32)33-16-21-19-11-6-4-9-17(19)18-10-5-7-12-20(18)21/h4-7,9-12,21-22H,8,13-16H2,1-3H3,(H,27,29)(H,28,32)(H,30,31). The fourth-order valence-corrected chi connectivity index (χ4v) is 4.08. The van der Waals surface area contributed by atoms with E-state index in [0.29, 0.717) is 6.42 Å². The van der Waals surface area contributed by atoms with Crippen molar-refractivity contribution < 1.29 is 24.2 Å². The molecule has 1 atom stereocenters. The van der Waals surface area contributed by atoms with Gasteiger partial charge in [0.05, 0.1) is 0 Å². The number of carboxylic acids is 1. The molecule has 1 aliphatic carbocycles. The second-order valence-corrected chi connectivity index (χ2v) is 9.44. The molecule has 3 N–H and O–H groups in total. The molecule has 0 radical (unpaired) electrons. The number of nitrogens with one attached hydrogen (secondary N) is 2. The lowest BCUT2D eigenvalue weighted by Gasteiger charge is -2.31. The van der Waals surface area contributed by atoms with E-state index < -0.39 is 18.1 Å². The van der Waals surface area contributed by atoms with Crippen molar-refractivity contribution >= 4 is 18.0 Å². The molecule has 0 bridgehead atoms. The molecule has 0 saturated carbocycles. The summed E-state index contributed by atoms with van der Waals surface area (Å²) in [5, 5.41) is 14.3. The molecule has 2 aromatic rings. The predicted octanol–water partition coefficient (Wildman–Crippen LogP) is 4.31. The summed E-state index contributed by atoms with van der Waals surface area (Å²) in [7, 11) is 0. The van der Waals surface area contributed by atoms with Crippen molar-refractivity contribution in [1.29, 1.82) is 0 Å². The fourth-order valence-electron chi connectivity index (χ4n) is 4.08. The highest BCUT2D eigenvalue weighted by molar-refractivity contribution is 5.79. The Kier molecular flexibility index (Phi) is 7.74. The second-order valence-electron chi connectivity index (χ2n) is 9.44. The molecule has 2 amide bonds. The van der Waals surface area contributed by atoms with E-state index in [2.05, 4.69) is 34.9 Å². The predicted molar refractivity (Wildman–Crippen MR) is 126 cm³/mol. The van der Waals surface area contributed by atoms with E-state index >= 15 is 0 Å². The van der Waals surface area contributed by atoms with Crippen LogP contribution in [0.15, 0.2) is 48.5 Å². The number of ether oxygens (including phenoxy) is 1. The number of rotatable bonds is 9. The Bertz CT molecular complexity index is 966. The highest BCUT2D eigenvalue weighted by atomic mass is 16.5. The van der Waals surface area contributed by atoms with E-state index in [1.165, 1.54) is 0 Å². The first kappa shape index (κ1) is 24.3. The molecule has 7 nitrogen and oxygen atoms in total.